The maximum Gasteiger partial charge on any atom is 0.175 e. The molecular weight excluding hydrogens is 254 g/mol. The van der Waals surface area contributed by atoms with E-state index < -0.39 is 9.84 Å². The van der Waals surface area contributed by atoms with E-state index >= 15 is 0 Å². The van der Waals surface area contributed by atoms with Crippen molar-refractivity contribution in [2.24, 2.45) is 0 Å². The van der Waals surface area contributed by atoms with Gasteiger partial charge in [0.25, 0.3) is 0 Å². The van der Waals surface area contributed by atoms with E-state index in [1.807, 2.05) is 23.9 Å². The molecule has 1 N–H and O–H groups in total. The lowest BCUT2D eigenvalue weighted by Crippen LogP contribution is -2.22. The van der Waals surface area contributed by atoms with Gasteiger partial charge in [-0.15, -0.1) is 0 Å². The Labute approximate surface area is 107 Å². The van der Waals surface area contributed by atoms with E-state index in [2.05, 4.69) is 5.32 Å². The normalized spacial score (nSPS) is 22.1. The van der Waals surface area contributed by atoms with Crippen molar-refractivity contribution in [2.75, 3.05) is 24.3 Å². The summed E-state index contributed by atoms with van der Waals surface area (Å²) in [6.45, 7) is 1.03. The van der Waals surface area contributed by atoms with Crippen LogP contribution >= 0.6 is 11.8 Å². The van der Waals surface area contributed by atoms with Crippen LogP contribution in [0.25, 0.3) is 0 Å². The van der Waals surface area contributed by atoms with Crippen molar-refractivity contribution in [1.29, 1.82) is 0 Å². The summed E-state index contributed by atoms with van der Waals surface area (Å²) in [5.74, 6) is 2.25. The molecule has 0 bridgehead atoms. The predicted molar refractivity (Wildman–Crippen MR) is 72.2 cm³/mol. The van der Waals surface area contributed by atoms with Gasteiger partial charge in [0.15, 0.2) is 9.84 Å². The number of sulfone groups is 1. The molecule has 1 unspecified atom stereocenters. The number of benzene rings is 1. The second-order valence-corrected chi connectivity index (χ2v) is 7.44. The first kappa shape index (κ1) is 12.9. The van der Waals surface area contributed by atoms with Crippen LogP contribution in [0.2, 0.25) is 0 Å². The molecule has 1 heterocycles. The summed E-state index contributed by atoms with van der Waals surface area (Å²) in [4.78, 5) is 0.391. The molecule has 1 aromatic carbocycles. The average molecular weight is 271 g/mol. The van der Waals surface area contributed by atoms with Crippen molar-refractivity contribution < 1.29 is 8.42 Å². The molecule has 0 saturated carbocycles. The first-order chi connectivity index (χ1) is 8.07. The second-order valence-electron chi connectivity index (χ2n) is 4.28. The van der Waals surface area contributed by atoms with Crippen LogP contribution in [0, 0.1) is 0 Å². The summed E-state index contributed by atoms with van der Waals surface area (Å²) in [7, 11) is -3.08. The van der Waals surface area contributed by atoms with Crippen LogP contribution in [0.4, 0.5) is 0 Å². The van der Waals surface area contributed by atoms with E-state index in [0.29, 0.717) is 10.9 Å². The molecule has 3 nitrogen and oxygen atoms in total. The Hall–Kier alpha value is -0.520. The van der Waals surface area contributed by atoms with Crippen molar-refractivity contribution in [2.45, 2.75) is 17.4 Å². The highest BCUT2D eigenvalue weighted by Gasteiger charge is 2.14. The summed E-state index contributed by atoms with van der Waals surface area (Å²) in [6.07, 6.45) is 2.43. The minimum absolute atomic E-state index is 0.344. The lowest BCUT2D eigenvalue weighted by atomic mass is 10.1. The minimum atomic E-state index is -3.08. The van der Waals surface area contributed by atoms with Crippen molar-refractivity contribution >= 4 is 21.6 Å². The Kier molecular flexibility index (Phi) is 4.12. The third kappa shape index (κ3) is 3.47. The maximum absolute atomic E-state index is 11.4. The van der Waals surface area contributed by atoms with E-state index in [9.17, 15) is 8.42 Å². The third-order valence-corrected chi connectivity index (χ3v) is 5.13. The molecule has 94 valence electrons. The lowest BCUT2D eigenvalue weighted by molar-refractivity contribution is 0.588. The molecule has 1 aliphatic heterocycles. The van der Waals surface area contributed by atoms with E-state index in [1.165, 1.54) is 24.0 Å². The number of rotatable bonds is 2. The largest absolute Gasteiger partial charge is 0.309 e. The molecule has 0 aliphatic carbocycles. The molecule has 1 saturated heterocycles. The highest BCUT2D eigenvalue weighted by Crippen LogP contribution is 2.22. The van der Waals surface area contributed by atoms with Gasteiger partial charge < -0.3 is 5.32 Å². The summed E-state index contributed by atoms with van der Waals surface area (Å²) >= 11 is 1.95. The topological polar surface area (TPSA) is 46.2 Å². The SMILES string of the molecule is CS(=O)(=O)c1ccc(C2CSCCCN2)cc1. The Balaban J connectivity index is 2.17. The quantitative estimate of drug-likeness (QED) is 0.892. The van der Waals surface area contributed by atoms with Gasteiger partial charge in [0.2, 0.25) is 0 Å². The lowest BCUT2D eigenvalue weighted by Gasteiger charge is -2.15. The standard InChI is InChI=1S/C12H17NO2S2/c1-17(14,15)11-5-3-10(4-6-11)12-9-16-8-2-7-13-12/h3-6,12-13H,2,7-9H2,1H3. The fraction of sp³-hybridized carbons (Fsp3) is 0.500. The smallest absolute Gasteiger partial charge is 0.175 e. The van der Waals surface area contributed by atoms with E-state index in [4.69, 9.17) is 0 Å². The minimum Gasteiger partial charge on any atom is -0.309 e. The van der Waals surface area contributed by atoms with Gasteiger partial charge in [-0.1, -0.05) is 12.1 Å². The molecule has 1 atom stereocenters. The van der Waals surface area contributed by atoms with Crippen molar-refractivity contribution in [3.63, 3.8) is 0 Å². The van der Waals surface area contributed by atoms with Crippen LogP contribution in [0.3, 0.4) is 0 Å². The van der Waals surface area contributed by atoms with Crippen LogP contribution in [0.15, 0.2) is 29.2 Å². The molecular formula is C12H17NO2S2. The molecule has 1 aromatic rings. The van der Waals surface area contributed by atoms with Crippen LogP contribution in [0.1, 0.15) is 18.0 Å². The number of thioether (sulfide) groups is 1. The van der Waals surface area contributed by atoms with Gasteiger partial charge in [-0.2, -0.15) is 11.8 Å². The van der Waals surface area contributed by atoms with Crippen LogP contribution in [-0.2, 0) is 9.84 Å². The molecule has 0 radical (unpaired) electrons. The van der Waals surface area contributed by atoms with Crippen molar-refractivity contribution in [3.8, 4) is 0 Å². The third-order valence-electron chi connectivity index (χ3n) is 2.85. The number of nitrogens with one attached hydrogen (secondary N) is 1. The zero-order chi connectivity index (χ0) is 12.3. The van der Waals surface area contributed by atoms with Gasteiger partial charge >= 0.3 is 0 Å². The van der Waals surface area contributed by atoms with Gasteiger partial charge in [-0.25, -0.2) is 8.42 Å². The summed E-state index contributed by atoms with van der Waals surface area (Å²) in [5, 5.41) is 3.49. The summed E-state index contributed by atoms with van der Waals surface area (Å²) < 4.78 is 22.7. The van der Waals surface area contributed by atoms with Gasteiger partial charge in [-0.05, 0) is 36.4 Å². The molecule has 5 heteroatoms. The van der Waals surface area contributed by atoms with E-state index in [0.717, 1.165) is 12.3 Å². The fourth-order valence-electron chi connectivity index (χ4n) is 1.87. The number of hydrogen-bond donors (Lipinski definition) is 1. The maximum atomic E-state index is 11.4. The Morgan fingerprint density at radius 2 is 2.00 bits per heavy atom. The van der Waals surface area contributed by atoms with Crippen molar-refractivity contribution in [3.05, 3.63) is 29.8 Å². The van der Waals surface area contributed by atoms with Crippen LogP contribution < -0.4 is 5.32 Å². The highest BCUT2D eigenvalue weighted by molar-refractivity contribution is 7.99. The summed E-state index contributed by atoms with van der Waals surface area (Å²) in [5.41, 5.74) is 1.17. The molecule has 1 fully saturated rings. The first-order valence-corrected chi connectivity index (χ1v) is 8.73. The molecule has 17 heavy (non-hydrogen) atoms. The van der Waals surface area contributed by atoms with Gasteiger partial charge in [-0.3, -0.25) is 0 Å². The number of hydrogen-bond acceptors (Lipinski definition) is 4. The van der Waals surface area contributed by atoms with Gasteiger partial charge in [0.05, 0.1) is 4.90 Å². The Bertz CT molecular complexity index is 460. The highest BCUT2D eigenvalue weighted by atomic mass is 32.2. The first-order valence-electron chi connectivity index (χ1n) is 5.68. The molecule has 2 rings (SSSR count). The second kappa shape index (κ2) is 5.42. The predicted octanol–water partition coefficient (Wildman–Crippen LogP) is 1.86. The van der Waals surface area contributed by atoms with Crippen LogP contribution in [0.5, 0.6) is 0 Å². The molecule has 0 amide bonds. The molecule has 1 aliphatic rings. The monoisotopic (exact) mass is 271 g/mol. The Morgan fingerprint density at radius 1 is 1.29 bits per heavy atom. The zero-order valence-corrected chi connectivity index (χ0v) is 11.5. The van der Waals surface area contributed by atoms with Crippen LogP contribution in [-0.4, -0.2) is 32.7 Å². The Morgan fingerprint density at radius 3 is 2.65 bits per heavy atom. The van der Waals surface area contributed by atoms with Gasteiger partial charge in [0, 0.05) is 18.1 Å². The van der Waals surface area contributed by atoms with Crippen molar-refractivity contribution in [1.82, 2.24) is 5.32 Å². The van der Waals surface area contributed by atoms with E-state index in [-0.39, 0.29) is 0 Å². The summed E-state index contributed by atoms with van der Waals surface area (Å²) in [6, 6.07) is 7.57. The molecule has 0 aromatic heterocycles. The fourth-order valence-corrected chi connectivity index (χ4v) is 3.56. The van der Waals surface area contributed by atoms with Gasteiger partial charge in [0.1, 0.15) is 0 Å². The van der Waals surface area contributed by atoms with E-state index in [1.54, 1.807) is 12.1 Å². The zero-order valence-electron chi connectivity index (χ0n) is 9.85. The molecule has 0 spiro atoms. The average Bonchev–Trinajstić information content (AvgIpc) is 2.56.